The molecule has 0 bridgehead atoms. The first-order valence-corrected chi connectivity index (χ1v) is 9.80. The van der Waals surface area contributed by atoms with E-state index in [1.165, 1.54) is 5.56 Å². The number of fused-ring (bicyclic) bond motifs is 1. The van der Waals surface area contributed by atoms with Gasteiger partial charge in [0, 0.05) is 10.9 Å². The molecule has 5 nitrogen and oxygen atoms in total. The summed E-state index contributed by atoms with van der Waals surface area (Å²) in [6.07, 6.45) is 2.76. The van der Waals surface area contributed by atoms with Gasteiger partial charge in [-0.2, -0.15) is 0 Å². The first kappa shape index (κ1) is 19.5. The van der Waals surface area contributed by atoms with Crippen LogP contribution in [0.25, 0.3) is 0 Å². The molecule has 0 radical (unpaired) electrons. The molecule has 0 saturated heterocycles. The molecule has 1 atom stereocenters. The molecular formula is C21H23BrO5. The van der Waals surface area contributed by atoms with E-state index in [1.54, 1.807) is 7.11 Å². The summed E-state index contributed by atoms with van der Waals surface area (Å²) >= 11 is 3.41. The highest BCUT2D eigenvalue weighted by molar-refractivity contribution is 9.10. The van der Waals surface area contributed by atoms with Crippen molar-refractivity contribution in [2.75, 3.05) is 20.3 Å². The average molecular weight is 435 g/mol. The molecular weight excluding hydrogens is 412 g/mol. The minimum absolute atomic E-state index is 0.126. The highest BCUT2D eigenvalue weighted by Gasteiger charge is 2.24. The monoisotopic (exact) mass is 434 g/mol. The molecule has 1 aliphatic carbocycles. The summed E-state index contributed by atoms with van der Waals surface area (Å²) in [6.45, 7) is 1.08. The molecule has 0 amide bonds. The number of carboxylic acid groups (broad SMARTS) is 1. The summed E-state index contributed by atoms with van der Waals surface area (Å²) in [5.74, 6) is 1.62. The minimum atomic E-state index is -0.740. The molecule has 0 aliphatic heterocycles. The highest BCUT2D eigenvalue weighted by atomic mass is 79.9. The summed E-state index contributed by atoms with van der Waals surface area (Å²) in [6, 6.07) is 11.6. The van der Waals surface area contributed by atoms with Crippen molar-refractivity contribution < 1.29 is 24.1 Å². The SMILES string of the molecule is COc1cc(Br)ccc1OCCCOc1ccc2c(c1)CC[C@H]2CC(=O)O. The van der Waals surface area contributed by atoms with E-state index in [2.05, 4.69) is 15.9 Å². The van der Waals surface area contributed by atoms with E-state index < -0.39 is 5.97 Å². The predicted molar refractivity (Wildman–Crippen MR) is 106 cm³/mol. The fourth-order valence-electron chi connectivity index (χ4n) is 3.39. The Morgan fingerprint density at radius 3 is 2.74 bits per heavy atom. The Kier molecular flexibility index (Phi) is 6.61. The van der Waals surface area contributed by atoms with Crippen molar-refractivity contribution in [1.82, 2.24) is 0 Å². The van der Waals surface area contributed by atoms with Gasteiger partial charge in [0.05, 0.1) is 26.7 Å². The number of hydrogen-bond acceptors (Lipinski definition) is 4. The van der Waals surface area contributed by atoms with Gasteiger partial charge in [0.15, 0.2) is 11.5 Å². The van der Waals surface area contributed by atoms with Gasteiger partial charge in [-0.05, 0) is 60.2 Å². The number of carboxylic acids is 1. The third-order valence-corrected chi connectivity index (χ3v) is 5.17. The largest absolute Gasteiger partial charge is 0.493 e. The zero-order valence-corrected chi connectivity index (χ0v) is 16.8. The molecule has 2 aromatic carbocycles. The number of benzene rings is 2. The van der Waals surface area contributed by atoms with Gasteiger partial charge in [-0.15, -0.1) is 0 Å². The van der Waals surface area contributed by atoms with Gasteiger partial charge < -0.3 is 19.3 Å². The van der Waals surface area contributed by atoms with Gasteiger partial charge in [-0.25, -0.2) is 0 Å². The molecule has 1 aliphatic rings. The van der Waals surface area contributed by atoms with Crippen molar-refractivity contribution in [3.8, 4) is 17.2 Å². The van der Waals surface area contributed by atoms with Crippen molar-refractivity contribution >= 4 is 21.9 Å². The van der Waals surface area contributed by atoms with Crippen LogP contribution in [-0.4, -0.2) is 31.4 Å². The second-order valence-electron chi connectivity index (χ2n) is 6.54. The van der Waals surface area contributed by atoms with E-state index in [4.69, 9.17) is 19.3 Å². The molecule has 2 aromatic rings. The summed E-state index contributed by atoms with van der Waals surface area (Å²) in [5.41, 5.74) is 2.35. The number of ether oxygens (including phenoxy) is 3. The molecule has 27 heavy (non-hydrogen) atoms. The van der Waals surface area contributed by atoms with Crippen molar-refractivity contribution in [1.29, 1.82) is 0 Å². The summed E-state index contributed by atoms with van der Waals surface area (Å²) in [7, 11) is 1.62. The molecule has 0 aromatic heterocycles. The van der Waals surface area contributed by atoms with Crippen LogP contribution >= 0.6 is 15.9 Å². The predicted octanol–water partition coefficient (Wildman–Crippen LogP) is 4.81. The Morgan fingerprint density at radius 2 is 1.96 bits per heavy atom. The lowest BCUT2D eigenvalue weighted by Crippen LogP contribution is -2.06. The molecule has 0 unspecified atom stereocenters. The van der Waals surface area contributed by atoms with E-state index in [9.17, 15) is 4.79 Å². The maximum absolute atomic E-state index is 10.9. The van der Waals surface area contributed by atoms with Gasteiger partial charge in [-0.1, -0.05) is 22.0 Å². The first-order chi connectivity index (χ1) is 13.1. The topological polar surface area (TPSA) is 65.0 Å². The van der Waals surface area contributed by atoms with E-state index in [0.717, 1.165) is 35.0 Å². The number of carbonyl (C=O) groups is 1. The number of aliphatic carboxylic acids is 1. The highest BCUT2D eigenvalue weighted by Crippen LogP contribution is 2.37. The summed E-state index contributed by atoms with van der Waals surface area (Å²) < 4.78 is 17.8. The van der Waals surface area contributed by atoms with E-state index in [-0.39, 0.29) is 12.3 Å². The molecule has 144 valence electrons. The van der Waals surface area contributed by atoms with Crippen LogP contribution in [0.2, 0.25) is 0 Å². The summed E-state index contributed by atoms with van der Waals surface area (Å²) in [4.78, 5) is 10.9. The maximum atomic E-state index is 10.9. The zero-order valence-electron chi connectivity index (χ0n) is 15.2. The molecule has 3 rings (SSSR count). The zero-order chi connectivity index (χ0) is 19.2. The number of hydrogen-bond donors (Lipinski definition) is 1. The second kappa shape index (κ2) is 9.13. The Labute approximate surface area is 167 Å². The molecule has 0 heterocycles. The Bertz CT molecular complexity index is 805. The number of halogens is 1. The standard InChI is InChI=1S/C21H23BrO5/c1-25-20-13-16(22)5-8-19(20)27-10-2-9-26-17-6-7-18-14(11-17)3-4-15(18)12-21(23)24/h5-8,11,13,15H,2-4,9-10,12H2,1H3,(H,23,24)/t15-/m0/s1. The first-order valence-electron chi connectivity index (χ1n) is 9.00. The van der Waals surface area contributed by atoms with Crippen molar-refractivity contribution in [2.24, 2.45) is 0 Å². The molecule has 0 spiro atoms. The van der Waals surface area contributed by atoms with Crippen molar-refractivity contribution in [2.45, 2.75) is 31.6 Å². The minimum Gasteiger partial charge on any atom is -0.493 e. The molecule has 1 N–H and O–H groups in total. The lowest BCUT2D eigenvalue weighted by Gasteiger charge is -2.12. The Balaban J connectivity index is 1.46. The second-order valence-corrected chi connectivity index (χ2v) is 7.46. The lowest BCUT2D eigenvalue weighted by atomic mass is 9.98. The van der Waals surface area contributed by atoms with Gasteiger partial charge >= 0.3 is 5.97 Å². The molecule has 0 saturated carbocycles. The van der Waals surface area contributed by atoms with Crippen LogP contribution in [0.3, 0.4) is 0 Å². The number of aryl methyl sites for hydroxylation is 1. The Morgan fingerprint density at radius 1 is 1.15 bits per heavy atom. The van der Waals surface area contributed by atoms with E-state index in [0.29, 0.717) is 24.7 Å². The van der Waals surface area contributed by atoms with Crippen LogP contribution in [0.5, 0.6) is 17.2 Å². The average Bonchev–Trinajstić information content (AvgIpc) is 3.04. The van der Waals surface area contributed by atoms with Crippen molar-refractivity contribution in [3.05, 3.63) is 52.0 Å². The van der Waals surface area contributed by atoms with Crippen LogP contribution in [0.1, 0.15) is 36.3 Å². The van der Waals surface area contributed by atoms with Gasteiger partial charge in [0.25, 0.3) is 0 Å². The van der Waals surface area contributed by atoms with Crippen LogP contribution in [0, 0.1) is 0 Å². The third-order valence-electron chi connectivity index (χ3n) is 4.68. The quantitative estimate of drug-likeness (QED) is 0.573. The number of rotatable bonds is 9. The third kappa shape index (κ3) is 5.16. The van der Waals surface area contributed by atoms with Crippen LogP contribution < -0.4 is 14.2 Å². The van der Waals surface area contributed by atoms with Crippen LogP contribution in [-0.2, 0) is 11.2 Å². The van der Waals surface area contributed by atoms with Gasteiger partial charge in [-0.3, -0.25) is 4.79 Å². The van der Waals surface area contributed by atoms with E-state index in [1.807, 2.05) is 36.4 Å². The molecule has 0 fully saturated rings. The summed E-state index contributed by atoms with van der Waals surface area (Å²) in [5, 5.41) is 9.00. The fourth-order valence-corrected chi connectivity index (χ4v) is 3.73. The van der Waals surface area contributed by atoms with Crippen molar-refractivity contribution in [3.63, 3.8) is 0 Å². The van der Waals surface area contributed by atoms with Crippen LogP contribution in [0.4, 0.5) is 0 Å². The van der Waals surface area contributed by atoms with E-state index >= 15 is 0 Å². The Hall–Kier alpha value is -2.21. The van der Waals surface area contributed by atoms with Gasteiger partial charge in [0.2, 0.25) is 0 Å². The normalized spacial score (nSPS) is 15.3. The maximum Gasteiger partial charge on any atom is 0.303 e. The molecule has 6 heteroatoms. The number of methoxy groups -OCH3 is 1. The lowest BCUT2D eigenvalue weighted by molar-refractivity contribution is -0.137. The van der Waals surface area contributed by atoms with Crippen LogP contribution in [0.15, 0.2) is 40.9 Å². The smallest absolute Gasteiger partial charge is 0.303 e. The van der Waals surface area contributed by atoms with Gasteiger partial charge in [0.1, 0.15) is 5.75 Å². The fraction of sp³-hybridized carbons (Fsp3) is 0.381.